The van der Waals surface area contributed by atoms with Gasteiger partial charge in [-0.3, -0.25) is 4.79 Å². The number of Topliss-reactive ketones (excluding diaryl/α,β-unsaturated/α-hetero) is 1. The maximum absolute atomic E-state index is 12.3. The summed E-state index contributed by atoms with van der Waals surface area (Å²) in [6.45, 7) is 7.30. The van der Waals surface area contributed by atoms with E-state index in [9.17, 15) is 4.79 Å². The minimum Gasteiger partial charge on any atom is -0.353 e. The van der Waals surface area contributed by atoms with Crippen LogP contribution in [0.3, 0.4) is 0 Å². The zero-order valence-electron chi connectivity index (χ0n) is 17.3. The van der Waals surface area contributed by atoms with Gasteiger partial charge in [0.15, 0.2) is 5.78 Å². The lowest BCUT2D eigenvalue weighted by Gasteiger charge is -2.34. The molecular formula is C24H29N3OS. The van der Waals surface area contributed by atoms with E-state index in [1.54, 1.807) is 11.3 Å². The molecule has 152 valence electrons. The predicted molar refractivity (Wildman–Crippen MR) is 123 cm³/mol. The Morgan fingerprint density at radius 3 is 2.83 bits per heavy atom. The third-order valence-electron chi connectivity index (χ3n) is 5.73. The molecule has 0 bridgehead atoms. The van der Waals surface area contributed by atoms with Gasteiger partial charge in [-0.15, -0.1) is 11.3 Å². The molecule has 5 heteroatoms. The van der Waals surface area contributed by atoms with Gasteiger partial charge in [0.2, 0.25) is 0 Å². The Bertz CT molecular complexity index is 979. The zero-order chi connectivity index (χ0) is 20.2. The van der Waals surface area contributed by atoms with Crippen LogP contribution < -0.4 is 10.2 Å². The lowest BCUT2D eigenvalue weighted by molar-refractivity contribution is 0.0980. The minimum absolute atomic E-state index is 0.228. The summed E-state index contributed by atoms with van der Waals surface area (Å²) in [4.78, 5) is 19.8. The molecule has 2 aromatic heterocycles. The third-order valence-corrected chi connectivity index (χ3v) is 6.65. The van der Waals surface area contributed by atoms with Gasteiger partial charge in [0.25, 0.3) is 0 Å². The van der Waals surface area contributed by atoms with Crippen LogP contribution in [0.25, 0.3) is 21.3 Å². The largest absolute Gasteiger partial charge is 0.353 e. The molecule has 1 aliphatic rings. The summed E-state index contributed by atoms with van der Waals surface area (Å²) in [7, 11) is 0. The topological polar surface area (TPSA) is 45.2 Å². The normalized spacial score (nSPS) is 17.0. The monoisotopic (exact) mass is 407 g/mol. The van der Waals surface area contributed by atoms with Gasteiger partial charge >= 0.3 is 0 Å². The first-order valence-corrected chi connectivity index (χ1v) is 11.6. The number of hydrogen-bond acceptors (Lipinski definition) is 5. The first-order valence-electron chi connectivity index (χ1n) is 10.7. The molecule has 0 aliphatic carbocycles. The van der Waals surface area contributed by atoms with Crippen LogP contribution in [-0.4, -0.2) is 36.4 Å². The van der Waals surface area contributed by atoms with Crippen LogP contribution in [-0.2, 0) is 0 Å². The zero-order valence-corrected chi connectivity index (χ0v) is 18.1. The molecule has 3 heterocycles. The Labute approximate surface area is 177 Å². The second-order valence-corrected chi connectivity index (χ2v) is 8.70. The number of thiophene rings is 1. The summed E-state index contributed by atoms with van der Waals surface area (Å²) in [5, 5.41) is 6.98. The molecule has 0 amide bonds. The number of nitrogens with one attached hydrogen (secondary N) is 1. The summed E-state index contributed by atoms with van der Waals surface area (Å²) in [5.74, 6) is 1.32. The van der Waals surface area contributed by atoms with Crippen molar-refractivity contribution < 1.29 is 4.79 Å². The SMILES string of the molecule is CCCCC(=O)c1ccc(-c2cc3ccsc3c(N3CCNC(CC)C3)n2)cc1. The van der Waals surface area contributed by atoms with E-state index in [2.05, 4.69) is 41.6 Å². The number of carbonyl (C=O) groups excluding carboxylic acids is 1. The Balaban J connectivity index is 1.65. The number of nitrogens with zero attached hydrogens (tertiary/aromatic N) is 2. The summed E-state index contributed by atoms with van der Waals surface area (Å²) in [6.07, 6.45) is 3.74. The average Bonchev–Trinajstić information content (AvgIpc) is 3.25. The standard InChI is InChI=1S/C24H29N3OS/c1-3-5-6-22(28)18-9-7-17(8-10-18)21-15-19-11-14-29-23(19)24(26-21)27-13-12-25-20(4-2)16-27/h7-11,14-15,20,25H,3-6,12-13,16H2,1-2H3. The lowest BCUT2D eigenvalue weighted by atomic mass is 10.0. The smallest absolute Gasteiger partial charge is 0.162 e. The quantitative estimate of drug-likeness (QED) is 0.524. The molecule has 4 nitrogen and oxygen atoms in total. The van der Waals surface area contributed by atoms with E-state index in [4.69, 9.17) is 4.98 Å². The second-order valence-electron chi connectivity index (χ2n) is 7.78. The molecule has 1 unspecified atom stereocenters. The highest BCUT2D eigenvalue weighted by Gasteiger charge is 2.22. The molecule has 0 saturated carbocycles. The molecule has 1 N–H and O–H groups in total. The number of pyridine rings is 1. The van der Waals surface area contributed by atoms with Gasteiger partial charge < -0.3 is 10.2 Å². The second kappa shape index (κ2) is 9.06. The van der Waals surface area contributed by atoms with Crippen molar-refractivity contribution in [2.45, 2.75) is 45.6 Å². The number of unbranched alkanes of at least 4 members (excludes halogenated alkanes) is 1. The Kier molecular flexibility index (Phi) is 6.26. The van der Waals surface area contributed by atoms with E-state index in [0.29, 0.717) is 12.5 Å². The van der Waals surface area contributed by atoms with Gasteiger partial charge in [-0.05, 0) is 35.7 Å². The number of fused-ring (bicyclic) bond motifs is 1. The predicted octanol–water partition coefficient (Wildman–Crippen LogP) is 5.52. The fraction of sp³-hybridized carbons (Fsp3) is 0.417. The highest BCUT2D eigenvalue weighted by atomic mass is 32.1. The lowest BCUT2D eigenvalue weighted by Crippen LogP contribution is -2.50. The summed E-state index contributed by atoms with van der Waals surface area (Å²) in [6, 6.07) is 12.8. The molecule has 1 fully saturated rings. The molecule has 1 saturated heterocycles. The van der Waals surface area contributed by atoms with Crippen molar-refractivity contribution in [3.8, 4) is 11.3 Å². The molecule has 1 aromatic carbocycles. The maximum Gasteiger partial charge on any atom is 0.162 e. The van der Waals surface area contributed by atoms with Gasteiger partial charge in [0, 0.05) is 43.2 Å². The van der Waals surface area contributed by atoms with Crippen LogP contribution >= 0.6 is 11.3 Å². The van der Waals surface area contributed by atoms with Crippen molar-refractivity contribution in [1.82, 2.24) is 10.3 Å². The minimum atomic E-state index is 0.228. The van der Waals surface area contributed by atoms with E-state index in [-0.39, 0.29) is 5.78 Å². The van der Waals surface area contributed by atoms with E-state index in [1.165, 1.54) is 10.1 Å². The van der Waals surface area contributed by atoms with Crippen molar-refractivity contribution in [2.75, 3.05) is 24.5 Å². The average molecular weight is 408 g/mol. The van der Waals surface area contributed by atoms with Crippen molar-refractivity contribution >= 4 is 33.0 Å². The van der Waals surface area contributed by atoms with Crippen LogP contribution in [0.1, 0.15) is 49.9 Å². The fourth-order valence-electron chi connectivity index (χ4n) is 3.92. The van der Waals surface area contributed by atoms with E-state index < -0.39 is 0 Å². The number of ketones is 1. The molecule has 1 atom stereocenters. The van der Waals surface area contributed by atoms with Crippen LogP contribution in [0, 0.1) is 0 Å². The molecule has 1 aliphatic heterocycles. The molecular weight excluding hydrogens is 378 g/mol. The summed E-state index contributed by atoms with van der Waals surface area (Å²) >= 11 is 1.77. The number of rotatable bonds is 7. The summed E-state index contributed by atoms with van der Waals surface area (Å²) in [5.41, 5.74) is 2.84. The van der Waals surface area contributed by atoms with E-state index >= 15 is 0 Å². The van der Waals surface area contributed by atoms with Crippen LogP contribution in [0.2, 0.25) is 0 Å². The first kappa shape index (κ1) is 20.0. The van der Waals surface area contributed by atoms with Gasteiger partial charge in [0.1, 0.15) is 5.82 Å². The number of carbonyl (C=O) groups is 1. The van der Waals surface area contributed by atoms with Crippen molar-refractivity contribution in [3.05, 3.63) is 47.3 Å². The van der Waals surface area contributed by atoms with Crippen molar-refractivity contribution in [2.24, 2.45) is 0 Å². The third kappa shape index (κ3) is 4.36. The van der Waals surface area contributed by atoms with Gasteiger partial charge in [0.05, 0.1) is 10.4 Å². The number of piperazine rings is 1. The maximum atomic E-state index is 12.3. The van der Waals surface area contributed by atoms with Crippen LogP contribution in [0.4, 0.5) is 5.82 Å². The Morgan fingerprint density at radius 1 is 1.24 bits per heavy atom. The molecule has 4 rings (SSSR count). The highest BCUT2D eigenvalue weighted by Crippen LogP contribution is 2.34. The fourth-order valence-corrected chi connectivity index (χ4v) is 4.81. The van der Waals surface area contributed by atoms with Crippen LogP contribution in [0.5, 0.6) is 0 Å². The number of anilines is 1. The van der Waals surface area contributed by atoms with Crippen LogP contribution in [0.15, 0.2) is 41.8 Å². The Hall–Kier alpha value is -2.24. The van der Waals surface area contributed by atoms with Gasteiger partial charge in [-0.2, -0.15) is 0 Å². The molecule has 0 radical (unpaired) electrons. The van der Waals surface area contributed by atoms with Crippen molar-refractivity contribution in [3.63, 3.8) is 0 Å². The number of benzene rings is 1. The van der Waals surface area contributed by atoms with Crippen molar-refractivity contribution in [1.29, 1.82) is 0 Å². The Morgan fingerprint density at radius 2 is 2.07 bits per heavy atom. The molecule has 29 heavy (non-hydrogen) atoms. The molecule has 0 spiro atoms. The number of hydrogen-bond donors (Lipinski definition) is 1. The molecule has 3 aromatic rings. The summed E-state index contributed by atoms with van der Waals surface area (Å²) < 4.78 is 1.26. The highest BCUT2D eigenvalue weighted by molar-refractivity contribution is 7.17. The van der Waals surface area contributed by atoms with Gasteiger partial charge in [-0.25, -0.2) is 4.98 Å². The van der Waals surface area contributed by atoms with E-state index in [0.717, 1.165) is 61.5 Å². The first-order chi connectivity index (χ1) is 14.2. The van der Waals surface area contributed by atoms with E-state index in [1.807, 2.05) is 24.3 Å². The van der Waals surface area contributed by atoms with Gasteiger partial charge in [-0.1, -0.05) is 44.5 Å². The number of aromatic nitrogens is 1.